The van der Waals surface area contributed by atoms with Crippen molar-refractivity contribution in [2.45, 2.75) is 37.1 Å². The Balaban J connectivity index is 1.72. The second-order valence-corrected chi connectivity index (χ2v) is 6.44. The molecule has 4 nitrogen and oxygen atoms in total. The third-order valence-electron chi connectivity index (χ3n) is 5.31. The highest BCUT2D eigenvalue weighted by Gasteiger charge is 2.39. The van der Waals surface area contributed by atoms with Crippen LogP contribution >= 0.6 is 0 Å². The van der Waals surface area contributed by atoms with E-state index in [4.69, 9.17) is 4.74 Å². The molecule has 0 bridgehead atoms. The van der Waals surface area contributed by atoms with Gasteiger partial charge in [0.2, 0.25) is 0 Å². The number of benzene rings is 1. The molecule has 2 fully saturated rings. The molecule has 1 saturated heterocycles. The predicted molar refractivity (Wildman–Crippen MR) is 87.0 cm³/mol. The van der Waals surface area contributed by atoms with Crippen LogP contribution in [0.2, 0.25) is 0 Å². The Morgan fingerprint density at radius 2 is 2.00 bits per heavy atom. The van der Waals surface area contributed by atoms with Crippen molar-refractivity contribution in [1.29, 1.82) is 5.26 Å². The minimum Gasteiger partial charge on any atom is -0.497 e. The first-order valence-corrected chi connectivity index (χ1v) is 8.28. The molecule has 1 N–H and O–H groups in total. The highest BCUT2D eigenvalue weighted by atomic mass is 16.5. The molecule has 118 valence electrons. The lowest BCUT2D eigenvalue weighted by molar-refractivity contribution is 0.122. The molecule has 1 heterocycles. The Kier molecular flexibility index (Phi) is 4.66. The molecule has 2 aliphatic rings. The SMILES string of the molecule is COc1cccc([C@]2(C#N)CC[C@H](N3CCNCC3)CC2)c1. The van der Waals surface area contributed by atoms with Crippen LogP contribution in [-0.4, -0.2) is 44.2 Å². The van der Waals surface area contributed by atoms with Gasteiger partial charge in [0, 0.05) is 32.2 Å². The number of piperazine rings is 1. The number of hydrogen-bond donors (Lipinski definition) is 1. The average molecular weight is 299 g/mol. The maximum absolute atomic E-state index is 9.84. The molecule has 3 rings (SSSR count). The van der Waals surface area contributed by atoms with Gasteiger partial charge >= 0.3 is 0 Å². The predicted octanol–water partition coefficient (Wildman–Crippen LogP) is 2.30. The van der Waals surface area contributed by atoms with Gasteiger partial charge in [-0.15, -0.1) is 0 Å². The van der Waals surface area contributed by atoms with Gasteiger partial charge in [0.15, 0.2) is 0 Å². The Labute approximate surface area is 133 Å². The highest BCUT2D eigenvalue weighted by Crippen LogP contribution is 2.41. The monoisotopic (exact) mass is 299 g/mol. The van der Waals surface area contributed by atoms with Crippen molar-refractivity contribution in [1.82, 2.24) is 10.2 Å². The summed E-state index contributed by atoms with van der Waals surface area (Å²) in [6, 6.07) is 11.3. The van der Waals surface area contributed by atoms with Crippen LogP contribution < -0.4 is 10.1 Å². The number of nitrogens with zero attached hydrogens (tertiary/aromatic N) is 2. The molecule has 0 spiro atoms. The molecule has 1 aliphatic carbocycles. The number of ether oxygens (including phenoxy) is 1. The molecule has 0 aromatic heterocycles. The van der Waals surface area contributed by atoms with Crippen LogP contribution in [0.15, 0.2) is 24.3 Å². The van der Waals surface area contributed by atoms with E-state index in [9.17, 15) is 5.26 Å². The molecule has 0 atom stereocenters. The molecule has 22 heavy (non-hydrogen) atoms. The summed E-state index contributed by atoms with van der Waals surface area (Å²) < 4.78 is 5.33. The van der Waals surface area contributed by atoms with Crippen LogP contribution in [0.4, 0.5) is 0 Å². The summed E-state index contributed by atoms with van der Waals surface area (Å²) in [6.07, 6.45) is 4.13. The molecule has 1 aliphatic heterocycles. The first-order valence-electron chi connectivity index (χ1n) is 8.28. The average Bonchev–Trinajstić information content (AvgIpc) is 2.62. The summed E-state index contributed by atoms with van der Waals surface area (Å²) in [4.78, 5) is 2.60. The minimum atomic E-state index is -0.334. The number of nitriles is 1. The van der Waals surface area contributed by atoms with Crippen LogP contribution in [0.5, 0.6) is 5.75 Å². The van der Waals surface area contributed by atoms with Crippen molar-refractivity contribution in [3.8, 4) is 11.8 Å². The van der Waals surface area contributed by atoms with Crippen molar-refractivity contribution in [2.24, 2.45) is 0 Å². The molecule has 1 saturated carbocycles. The summed E-state index contributed by atoms with van der Waals surface area (Å²) >= 11 is 0. The number of hydrogen-bond acceptors (Lipinski definition) is 4. The summed E-state index contributed by atoms with van der Waals surface area (Å²) in [6.45, 7) is 4.47. The summed E-state index contributed by atoms with van der Waals surface area (Å²) in [5.41, 5.74) is 0.784. The van der Waals surface area contributed by atoms with Crippen LogP contribution in [0.3, 0.4) is 0 Å². The third-order valence-corrected chi connectivity index (χ3v) is 5.31. The number of methoxy groups -OCH3 is 1. The lowest BCUT2D eigenvalue weighted by Crippen LogP contribution is -2.50. The van der Waals surface area contributed by atoms with Gasteiger partial charge in [-0.25, -0.2) is 0 Å². The lowest BCUT2D eigenvalue weighted by Gasteiger charge is -2.42. The van der Waals surface area contributed by atoms with Crippen molar-refractivity contribution in [3.63, 3.8) is 0 Å². The molecule has 1 aromatic carbocycles. The van der Waals surface area contributed by atoms with Crippen LogP contribution in [0.1, 0.15) is 31.2 Å². The van der Waals surface area contributed by atoms with E-state index in [1.165, 1.54) is 0 Å². The van der Waals surface area contributed by atoms with Gasteiger partial charge in [0.25, 0.3) is 0 Å². The molecule has 0 radical (unpaired) electrons. The molecular weight excluding hydrogens is 274 g/mol. The van der Waals surface area contributed by atoms with Crippen molar-refractivity contribution >= 4 is 0 Å². The van der Waals surface area contributed by atoms with Crippen molar-refractivity contribution < 1.29 is 4.74 Å². The van der Waals surface area contributed by atoms with E-state index < -0.39 is 0 Å². The van der Waals surface area contributed by atoms with E-state index in [1.54, 1.807) is 7.11 Å². The van der Waals surface area contributed by atoms with Crippen molar-refractivity contribution in [2.75, 3.05) is 33.3 Å². The number of rotatable bonds is 3. The molecular formula is C18H25N3O. The van der Waals surface area contributed by atoms with Crippen LogP contribution in [0, 0.1) is 11.3 Å². The highest BCUT2D eigenvalue weighted by molar-refractivity contribution is 5.38. The van der Waals surface area contributed by atoms with E-state index >= 15 is 0 Å². The lowest BCUT2D eigenvalue weighted by atomic mass is 9.69. The molecule has 0 unspecified atom stereocenters. The topological polar surface area (TPSA) is 48.3 Å². The fourth-order valence-corrected chi connectivity index (χ4v) is 3.89. The van der Waals surface area contributed by atoms with E-state index in [0.29, 0.717) is 6.04 Å². The van der Waals surface area contributed by atoms with Gasteiger partial charge in [-0.3, -0.25) is 4.90 Å². The molecule has 1 aromatic rings. The molecule has 4 heteroatoms. The van der Waals surface area contributed by atoms with Gasteiger partial charge in [0.1, 0.15) is 5.75 Å². The Hall–Kier alpha value is -1.57. The minimum absolute atomic E-state index is 0.334. The van der Waals surface area contributed by atoms with E-state index in [1.807, 2.05) is 18.2 Å². The van der Waals surface area contributed by atoms with Gasteiger partial charge in [-0.2, -0.15) is 5.26 Å². The van der Waals surface area contributed by atoms with Crippen molar-refractivity contribution in [3.05, 3.63) is 29.8 Å². The normalized spacial score (nSPS) is 29.7. The smallest absolute Gasteiger partial charge is 0.119 e. The van der Waals surface area contributed by atoms with Gasteiger partial charge < -0.3 is 10.1 Å². The van der Waals surface area contributed by atoms with E-state index in [2.05, 4.69) is 22.4 Å². The fourth-order valence-electron chi connectivity index (χ4n) is 3.89. The quantitative estimate of drug-likeness (QED) is 0.930. The zero-order valence-corrected chi connectivity index (χ0v) is 13.3. The first-order chi connectivity index (χ1) is 10.8. The second-order valence-electron chi connectivity index (χ2n) is 6.44. The Bertz CT molecular complexity index is 538. The largest absolute Gasteiger partial charge is 0.497 e. The maximum atomic E-state index is 9.84. The van der Waals surface area contributed by atoms with E-state index in [-0.39, 0.29) is 5.41 Å². The van der Waals surface area contributed by atoms with E-state index in [0.717, 1.165) is 63.2 Å². The summed E-state index contributed by atoms with van der Waals surface area (Å²) in [7, 11) is 1.68. The standard InChI is InChI=1S/C18H25N3O/c1-22-17-4-2-3-15(13-17)18(14-19)7-5-16(6-8-18)21-11-9-20-10-12-21/h2-4,13,16,20H,5-12H2,1H3/t16-,18+. The van der Waals surface area contributed by atoms with Gasteiger partial charge in [-0.05, 0) is 43.4 Å². The second kappa shape index (κ2) is 6.68. The maximum Gasteiger partial charge on any atom is 0.119 e. The summed E-state index contributed by atoms with van der Waals surface area (Å²) in [5.74, 6) is 0.844. The summed E-state index contributed by atoms with van der Waals surface area (Å²) in [5, 5.41) is 13.3. The zero-order valence-electron chi connectivity index (χ0n) is 13.3. The zero-order chi connectivity index (χ0) is 15.4. The number of nitrogens with one attached hydrogen (secondary N) is 1. The molecule has 0 amide bonds. The first kappa shape index (κ1) is 15.3. The fraction of sp³-hybridized carbons (Fsp3) is 0.611. The van der Waals surface area contributed by atoms with Crippen LogP contribution in [-0.2, 0) is 5.41 Å². The van der Waals surface area contributed by atoms with Gasteiger partial charge in [0.05, 0.1) is 18.6 Å². The third kappa shape index (κ3) is 2.97. The van der Waals surface area contributed by atoms with Crippen LogP contribution in [0.25, 0.3) is 0 Å². The van der Waals surface area contributed by atoms with Gasteiger partial charge in [-0.1, -0.05) is 12.1 Å². The Morgan fingerprint density at radius 1 is 1.27 bits per heavy atom. The Morgan fingerprint density at radius 3 is 2.64 bits per heavy atom.